The number of hydrogen-bond acceptors (Lipinski definition) is 5. The Balaban J connectivity index is 0.00000162. The predicted molar refractivity (Wildman–Crippen MR) is 70.8 cm³/mol. The zero-order valence-electron chi connectivity index (χ0n) is 10.4. The molecule has 2 rings (SSSR count). The molecule has 0 bridgehead atoms. The van der Waals surface area contributed by atoms with Crippen LogP contribution < -0.4 is 11.1 Å². The summed E-state index contributed by atoms with van der Waals surface area (Å²) >= 11 is 0. The van der Waals surface area contributed by atoms with Gasteiger partial charge in [-0.05, 0) is 19.9 Å². The van der Waals surface area contributed by atoms with Gasteiger partial charge in [-0.1, -0.05) is 5.16 Å². The van der Waals surface area contributed by atoms with Crippen molar-refractivity contribution in [3.8, 4) is 0 Å². The Labute approximate surface area is 112 Å². The van der Waals surface area contributed by atoms with Gasteiger partial charge in [0.1, 0.15) is 5.76 Å². The number of hydrogen-bond donors (Lipinski definition) is 2. The van der Waals surface area contributed by atoms with E-state index >= 15 is 0 Å². The summed E-state index contributed by atoms with van der Waals surface area (Å²) < 4.78 is 4.87. The minimum atomic E-state index is -0.0428. The lowest BCUT2D eigenvalue weighted by Gasteiger charge is -2.13. The molecule has 0 aromatic carbocycles. The molecule has 1 aromatic rings. The number of nitrogens with zero attached hydrogens (tertiary/aromatic N) is 2. The molecule has 7 heteroatoms. The topological polar surface area (TPSA) is 84.4 Å². The zero-order valence-corrected chi connectivity index (χ0v) is 11.2. The van der Waals surface area contributed by atoms with Gasteiger partial charge < -0.3 is 20.5 Å². The lowest BCUT2D eigenvalue weighted by atomic mass is 10.3. The second kappa shape index (κ2) is 6.72. The molecule has 1 fully saturated rings. The lowest BCUT2D eigenvalue weighted by Crippen LogP contribution is -2.29. The third-order valence-corrected chi connectivity index (χ3v) is 2.86. The van der Waals surface area contributed by atoms with E-state index in [1.165, 1.54) is 0 Å². The van der Waals surface area contributed by atoms with E-state index in [2.05, 4.69) is 15.4 Å². The number of aromatic nitrogens is 1. The Morgan fingerprint density at radius 2 is 2.50 bits per heavy atom. The number of carbonyl (C=O) groups excluding carboxylic acids is 1. The number of carbonyl (C=O) groups is 1. The number of likely N-dealkylation sites (tertiary alicyclic amines) is 1. The minimum Gasteiger partial charge on any atom is -0.360 e. The van der Waals surface area contributed by atoms with Gasteiger partial charge in [0.25, 0.3) is 0 Å². The molecule has 102 valence electrons. The third kappa shape index (κ3) is 4.29. The third-order valence-electron chi connectivity index (χ3n) is 2.86. The summed E-state index contributed by atoms with van der Waals surface area (Å²) in [6.07, 6.45) is 1.47. The van der Waals surface area contributed by atoms with Crippen molar-refractivity contribution in [3.63, 3.8) is 0 Å². The highest BCUT2D eigenvalue weighted by Crippen LogP contribution is 2.09. The minimum absolute atomic E-state index is 0. The number of nitrogens with one attached hydrogen (secondary N) is 1. The van der Waals surface area contributed by atoms with Gasteiger partial charge in [0.05, 0.1) is 0 Å². The van der Waals surface area contributed by atoms with Gasteiger partial charge in [-0.3, -0.25) is 4.79 Å². The molecule has 1 aliphatic heterocycles. The van der Waals surface area contributed by atoms with Gasteiger partial charge in [-0.15, -0.1) is 12.4 Å². The highest BCUT2D eigenvalue weighted by atomic mass is 35.5. The quantitative estimate of drug-likeness (QED) is 0.847. The molecule has 1 saturated heterocycles. The molecule has 0 spiro atoms. The fourth-order valence-electron chi connectivity index (χ4n) is 1.96. The molecule has 3 N–H and O–H groups in total. The van der Waals surface area contributed by atoms with E-state index in [0.717, 1.165) is 26.1 Å². The molecule has 0 unspecified atom stereocenters. The van der Waals surface area contributed by atoms with Crippen molar-refractivity contribution in [2.75, 3.05) is 25.0 Å². The number of amides is 1. The van der Waals surface area contributed by atoms with Gasteiger partial charge in [0.2, 0.25) is 5.91 Å². The molecule has 6 nitrogen and oxygen atoms in total. The maximum absolute atomic E-state index is 11.6. The van der Waals surface area contributed by atoms with Crippen molar-refractivity contribution in [3.05, 3.63) is 11.8 Å². The largest absolute Gasteiger partial charge is 0.360 e. The molecule has 0 saturated carbocycles. The smallest absolute Gasteiger partial charge is 0.226 e. The Bertz CT molecular complexity index is 396. The van der Waals surface area contributed by atoms with Gasteiger partial charge >= 0.3 is 0 Å². The van der Waals surface area contributed by atoms with Crippen LogP contribution in [0.25, 0.3) is 0 Å². The van der Waals surface area contributed by atoms with E-state index in [-0.39, 0.29) is 24.4 Å². The first-order valence-electron chi connectivity index (χ1n) is 5.84. The molecular formula is C11H19ClN4O2. The first-order valence-corrected chi connectivity index (χ1v) is 5.84. The maximum Gasteiger partial charge on any atom is 0.226 e. The molecule has 1 aromatic heterocycles. The molecule has 2 heterocycles. The van der Waals surface area contributed by atoms with Crippen molar-refractivity contribution in [1.29, 1.82) is 0 Å². The van der Waals surface area contributed by atoms with Crippen LogP contribution in [0.15, 0.2) is 10.6 Å². The first-order chi connectivity index (χ1) is 8.13. The van der Waals surface area contributed by atoms with Crippen LogP contribution in [0.2, 0.25) is 0 Å². The first kappa shape index (κ1) is 14.9. The second-order valence-electron chi connectivity index (χ2n) is 4.47. The summed E-state index contributed by atoms with van der Waals surface area (Å²) in [5, 5.41) is 6.40. The molecule has 1 amide bonds. The zero-order chi connectivity index (χ0) is 12.3. The number of rotatable bonds is 4. The van der Waals surface area contributed by atoms with Crippen LogP contribution in [-0.2, 0) is 4.79 Å². The van der Waals surface area contributed by atoms with E-state index in [9.17, 15) is 4.79 Å². The summed E-state index contributed by atoms with van der Waals surface area (Å²) in [7, 11) is 0. The number of aryl methyl sites for hydroxylation is 1. The predicted octanol–water partition coefficient (Wildman–Crippen LogP) is 0.766. The average Bonchev–Trinajstić information content (AvgIpc) is 2.85. The van der Waals surface area contributed by atoms with Gasteiger partial charge in [-0.25, -0.2) is 0 Å². The van der Waals surface area contributed by atoms with Crippen LogP contribution in [0.1, 0.15) is 18.6 Å². The fourth-order valence-corrected chi connectivity index (χ4v) is 1.96. The van der Waals surface area contributed by atoms with Crippen LogP contribution in [-0.4, -0.2) is 41.6 Å². The van der Waals surface area contributed by atoms with Crippen LogP contribution in [0.4, 0.5) is 5.82 Å². The molecule has 18 heavy (non-hydrogen) atoms. The summed E-state index contributed by atoms with van der Waals surface area (Å²) in [4.78, 5) is 13.8. The van der Waals surface area contributed by atoms with E-state index in [1.54, 1.807) is 13.0 Å². The van der Waals surface area contributed by atoms with Gasteiger partial charge in [0.15, 0.2) is 5.82 Å². The summed E-state index contributed by atoms with van der Waals surface area (Å²) in [5.74, 6) is 1.12. The molecule has 1 atom stereocenters. The van der Waals surface area contributed by atoms with E-state index in [4.69, 9.17) is 10.3 Å². The maximum atomic E-state index is 11.6. The van der Waals surface area contributed by atoms with E-state index < -0.39 is 0 Å². The normalized spacial score (nSPS) is 19.6. The van der Waals surface area contributed by atoms with E-state index in [1.807, 2.05) is 0 Å². The van der Waals surface area contributed by atoms with Crippen molar-refractivity contribution >= 4 is 24.1 Å². The van der Waals surface area contributed by atoms with E-state index in [0.29, 0.717) is 18.0 Å². The summed E-state index contributed by atoms with van der Waals surface area (Å²) in [6, 6.07) is 1.96. The second-order valence-corrected chi connectivity index (χ2v) is 4.47. The molecule has 0 aliphatic carbocycles. The van der Waals surface area contributed by atoms with Crippen molar-refractivity contribution < 1.29 is 9.32 Å². The average molecular weight is 275 g/mol. The lowest BCUT2D eigenvalue weighted by molar-refractivity contribution is -0.116. The highest BCUT2D eigenvalue weighted by molar-refractivity contribution is 5.89. The van der Waals surface area contributed by atoms with Crippen molar-refractivity contribution in [2.45, 2.75) is 25.8 Å². The summed E-state index contributed by atoms with van der Waals surface area (Å²) in [6.45, 7) is 4.40. The van der Waals surface area contributed by atoms with Gasteiger partial charge in [0, 0.05) is 31.6 Å². The standard InChI is InChI=1S/C11H18N4O2.ClH/c1-8-6-10(14-17-8)13-11(16)3-5-15-4-2-9(12)7-15;/h6,9H,2-5,7,12H2,1H3,(H,13,14,16);1H/t9-;/m1./s1. The molecular weight excluding hydrogens is 256 g/mol. The Morgan fingerprint density at radius 1 is 1.72 bits per heavy atom. The fraction of sp³-hybridized carbons (Fsp3) is 0.636. The van der Waals surface area contributed by atoms with Crippen molar-refractivity contribution in [2.24, 2.45) is 5.73 Å². The number of anilines is 1. The Morgan fingerprint density at radius 3 is 3.06 bits per heavy atom. The van der Waals surface area contributed by atoms with Crippen LogP contribution >= 0.6 is 12.4 Å². The molecule has 0 radical (unpaired) electrons. The van der Waals surface area contributed by atoms with Crippen LogP contribution in [0.5, 0.6) is 0 Å². The SMILES string of the molecule is Cc1cc(NC(=O)CCN2CC[C@@H](N)C2)no1.Cl. The van der Waals surface area contributed by atoms with Gasteiger partial charge in [-0.2, -0.15) is 0 Å². The Hall–Kier alpha value is -1.11. The van der Waals surface area contributed by atoms with Crippen LogP contribution in [0, 0.1) is 6.92 Å². The monoisotopic (exact) mass is 274 g/mol. The number of halogens is 1. The molecule has 1 aliphatic rings. The van der Waals surface area contributed by atoms with Crippen LogP contribution in [0.3, 0.4) is 0 Å². The number of nitrogens with two attached hydrogens (primary N) is 1. The Kier molecular flexibility index (Phi) is 5.58. The van der Waals surface area contributed by atoms with Crippen molar-refractivity contribution in [1.82, 2.24) is 10.1 Å². The summed E-state index contributed by atoms with van der Waals surface area (Å²) in [5.41, 5.74) is 5.79. The highest BCUT2D eigenvalue weighted by Gasteiger charge is 2.19.